The van der Waals surface area contributed by atoms with Crippen LogP contribution in [0.4, 0.5) is 0 Å². The Balaban J connectivity index is -0.00000000151. The van der Waals surface area contributed by atoms with E-state index in [9.17, 15) is 0 Å². The van der Waals surface area contributed by atoms with E-state index in [-0.39, 0.29) is 119 Å². The standard InChI is InChI=1S/C2H6S.CH4S2.2CH4S.2CH4.3B.3Co.2H2S.H2/c2*1-3-2;2*1-2;;;;;;;;;;;/h1-2H3;2H,1H3;2*2H,1H3;2*1H4;;;;;;;2*1H2;1H/p-3. The Hall–Kier alpha value is 4.16. The summed E-state index contributed by atoms with van der Waals surface area (Å²) in [5.41, 5.74) is 0. The molecule has 20 heavy (non-hydrogen) atoms. The fourth-order valence-corrected chi connectivity index (χ4v) is 0. The van der Waals surface area contributed by atoms with Crippen molar-refractivity contribution in [3.8, 4) is 0 Å². The molecule has 0 amide bonds. The van der Waals surface area contributed by atoms with Crippen LogP contribution in [0.3, 0.4) is 0 Å². The van der Waals surface area contributed by atoms with Gasteiger partial charge >= 0.3 is 0 Å². The summed E-state index contributed by atoms with van der Waals surface area (Å²) < 4.78 is 0. The average molecular weight is 547 g/mol. The molecular weight excluding hydrogens is 518 g/mol. The second kappa shape index (κ2) is 299. The van der Waals surface area contributed by atoms with Crippen molar-refractivity contribution in [1.82, 2.24) is 0 Å². The van der Waals surface area contributed by atoms with Crippen LogP contribution in [0.5, 0.6) is 0 Å². The molecule has 0 spiro atoms. The van der Waals surface area contributed by atoms with Crippen LogP contribution in [0.2, 0.25) is 0 Å². The minimum Gasteiger partial charge on any atom is -0.813 e. The van der Waals surface area contributed by atoms with Gasteiger partial charge in [-0.15, -0.1) is 0 Å². The Morgan fingerprint density at radius 2 is 0.700 bits per heavy atom. The van der Waals surface area contributed by atoms with Crippen LogP contribution < -0.4 is 0 Å². The average Bonchev–Trinajstić information content (AvgIpc) is 1.99. The molecule has 0 rings (SSSR count). The molecule has 0 aliphatic heterocycles. The zero-order valence-corrected chi connectivity index (χ0v) is 19.9. The maximum Gasteiger partial charge on any atom is 0 e. The van der Waals surface area contributed by atoms with E-state index in [1.807, 2.05) is 18.8 Å². The van der Waals surface area contributed by atoms with E-state index in [0.29, 0.717) is 0 Å². The van der Waals surface area contributed by atoms with Gasteiger partial charge in [-0.3, -0.25) is 0 Å². The molecular formula is C7H29B3Co3S7-3. The molecule has 0 aromatic rings. The largest absolute Gasteiger partial charge is 0.813 e. The SMILES string of the molecule is C.C.CS.CS.CSC.CS[S-].[B].[B].[B].[Co].[Co].[Co].[HH].[SH-].[SH-]. The van der Waals surface area contributed by atoms with Gasteiger partial charge in [0.1, 0.15) is 0 Å². The van der Waals surface area contributed by atoms with Crippen molar-refractivity contribution >= 4 is 112 Å². The molecule has 12 radical (unpaired) electrons. The third kappa shape index (κ3) is 573. The fraction of sp³-hybridized carbons (Fsp3) is 1.00. The van der Waals surface area contributed by atoms with Crippen molar-refractivity contribution in [3.05, 3.63) is 0 Å². The molecule has 0 unspecified atom stereocenters. The molecule has 0 nitrogen and oxygen atoms in total. The van der Waals surface area contributed by atoms with Gasteiger partial charge in [0.15, 0.2) is 0 Å². The summed E-state index contributed by atoms with van der Waals surface area (Å²) >= 11 is 13.1. The van der Waals surface area contributed by atoms with E-state index in [0.717, 1.165) is 0 Å². The van der Waals surface area contributed by atoms with Gasteiger partial charge < -0.3 is 49.4 Å². The number of hydrogen-bond donors (Lipinski definition) is 2. The van der Waals surface area contributed by atoms with E-state index < -0.39 is 0 Å². The van der Waals surface area contributed by atoms with Gasteiger partial charge in [-0.05, 0) is 31.3 Å². The van der Waals surface area contributed by atoms with Crippen molar-refractivity contribution in [3.63, 3.8) is 0 Å². The molecule has 13 heteroatoms. The molecule has 0 saturated carbocycles. The minimum absolute atomic E-state index is 0. The second-order valence-corrected chi connectivity index (χ2v) is 2.72. The molecule has 0 atom stereocenters. The van der Waals surface area contributed by atoms with Crippen LogP contribution in [0.25, 0.3) is 0 Å². The van der Waals surface area contributed by atoms with Gasteiger partial charge in [0, 0.05) is 77.0 Å². The Morgan fingerprint density at radius 3 is 0.700 bits per heavy atom. The first kappa shape index (κ1) is 126. The van der Waals surface area contributed by atoms with Gasteiger partial charge in [-0.2, -0.15) is 37.0 Å². The molecule has 0 aromatic carbocycles. The minimum atomic E-state index is 0. The maximum atomic E-state index is 4.31. The zero-order valence-electron chi connectivity index (χ0n) is 10.7. The van der Waals surface area contributed by atoms with Crippen molar-refractivity contribution in [1.29, 1.82) is 0 Å². The number of thioether (sulfide) groups is 1. The summed E-state index contributed by atoms with van der Waals surface area (Å²) in [6, 6.07) is 0. The van der Waals surface area contributed by atoms with Crippen molar-refractivity contribution in [2.24, 2.45) is 0 Å². The third-order valence-corrected chi connectivity index (χ3v) is 0. The number of rotatable bonds is 0. The van der Waals surface area contributed by atoms with Crippen molar-refractivity contribution in [2.75, 3.05) is 31.3 Å². The van der Waals surface area contributed by atoms with Crippen LogP contribution in [0, 0.1) is 0 Å². The first-order valence-corrected chi connectivity index (χ1v) is 7.86. The Bertz CT molecular complexity index is 45.4. The predicted octanol–water partition coefficient (Wildman–Crippen LogP) is 2.71. The Morgan fingerprint density at radius 1 is 0.700 bits per heavy atom. The van der Waals surface area contributed by atoms with Gasteiger partial charge in [0.05, 0.1) is 0 Å². The maximum absolute atomic E-state index is 4.31. The van der Waals surface area contributed by atoms with Crippen LogP contribution in [0.15, 0.2) is 0 Å². The second-order valence-electron chi connectivity index (χ2n) is 0.575. The third-order valence-electron chi connectivity index (χ3n) is 0. The fourth-order valence-electron chi connectivity index (χ4n) is 0. The smallest absolute Gasteiger partial charge is 0 e. The van der Waals surface area contributed by atoms with Crippen LogP contribution >= 0.6 is 47.8 Å². The van der Waals surface area contributed by atoms with Gasteiger partial charge in [0.25, 0.3) is 0 Å². The van der Waals surface area contributed by atoms with Crippen LogP contribution in [0.1, 0.15) is 16.3 Å². The summed E-state index contributed by atoms with van der Waals surface area (Å²) in [6.07, 6.45) is 9.33. The summed E-state index contributed by atoms with van der Waals surface area (Å²) in [5.74, 6) is 0. The Kier molecular flexibility index (Phi) is 1880. The first-order valence-electron chi connectivity index (χ1n) is 2.29. The van der Waals surface area contributed by atoms with Crippen molar-refractivity contribution < 1.29 is 51.8 Å². The van der Waals surface area contributed by atoms with E-state index in [2.05, 4.69) is 36.9 Å². The monoisotopic (exact) mass is 547 g/mol. The van der Waals surface area contributed by atoms with Gasteiger partial charge in [0.2, 0.25) is 0 Å². The number of thiol groups is 4. The van der Waals surface area contributed by atoms with Gasteiger partial charge in [-0.1, -0.05) is 14.9 Å². The summed E-state index contributed by atoms with van der Waals surface area (Å²) in [6.45, 7) is 0. The summed E-state index contributed by atoms with van der Waals surface area (Å²) in [4.78, 5) is 0. The Labute approximate surface area is 207 Å². The molecule has 0 N–H and O–H groups in total. The van der Waals surface area contributed by atoms with E-state index in [1.54, 1.807) is 24.3 Å². The molecule has 0 heterocycles. The summed E-state index contributed by atoms with van der Waals surface area (Å²) in [7, 11) is 1.33. The predicted molar refractivity (Wildman–Crippen MR) is 120 cm³/mol. The van der Waals surface area contributed by atoms with Crippen LogP contribution in [-0.2, 0) is 89.0 Å². The van der Waals surface area contributed by atoms with E-state index >= 15 is 0 Å². The molecule has 0 aliphatic carbocycles. The zero-order chi connectivity index (χ0) is 9.41. The van der Waals surface area contributed by atoms with Gasteiger partial charge in [-0.25, -0.2) is 0 Å². The van der Waals surface area contributed by atoms with Crippen molar-refractivity contribution in [2.45, 2.75) is 14.9 Å². The van der Waals surface area contributed by atoms with E-state index in [4.69, 9.17) is 0 Å². The van der Waals surface area contributed by atoms with Crippen LogP contribution in [-0.4, -0.2) is 56.5 Å². The topological polar surface area (TPSA) is 0 Å². The number of hydrogen-bond acceptors (Lipinski definition) is 7. The molecule has 0 fully saturated rings. The quantitative estimate of drug-likeness (QED) is 0.207. The molecule has 0 aromatic heterocycles. The molecule has 0 aliphatic rings. The first-order chi connectivity index (χ1) is 4.83. The molecule has 138 valence electrons. The molecule has 0 saturated heterocycles. The molecule has 0 bridgehead atoms. The normalized spacial score (nSPS) is 2.40. The summed E-state index contributed by atoms with van der Waals surface area (Å²) in [5, 5.41) is 0. The van der Waals surface area contributed by atoms with E-state index in [1.165, 1.54) is 10.8 Å².